The van der Waals surface area contributed by atoms with Crippen molar-refractivity contribution >= 4 is 4.50 Å². The summed E-state index contributed by atoms with van der Waals surface area (Å²) in [7, 11) is 0. The number of aliphatic hydroxyl groups excluding tert-OH is 1. The van der Waals surface area contributed by atoms with E-state index >= 15 is 0 Å². The SMILES string of the molecule is C/C=C/[C](=[Cr])N[C@H](CO)c1ccccc1.[C-]#[O+].[C-]#[O+].[C-]#[O+].[C-]#[O+].[C-]#[O+]. The zero-order valence-corrected chi connectivity index (χ0v) is 14.5. The van der Waals surface area contributed by atoms with Crippen LogP contribution in [0.25, 0.3) is 0 Å². The average molecular weight is 381 g/mol. The van der Waals surface area contributed by atoms with Gasteiger partial charge in [-0.1, -0.05) is 0 Å². The van der Waals surface area contributed by atoms with E-state index < -0.39 is 0 Å². The molecule has 0 aliphatic heterocycles. The van der Waals surface area contributed by atoms with Gasteiger partial charge in [0.25, 0.3) is 0 Å². The molecule has 1 rings (SSSR count). The van der Waals surface area contributed by atoms with Crippen LogP contribution in [-0.2, 0) is 39.1 Å². The van der Waals surface area contributed by atoms with E-state index in [1.54, 1.807) is 0 Å². The molecule has 130 valence electrons. The maximum atomic E-state index is 9.28. The molecule has 0 saturated heterocycles. The summed E-state index contributed by atoms with van der Waals surface area (Å²) in [6.45, 7) is 24.5. The number of rotatable bonds is 5. The Morgan fingerprint density at radius 2 is 1.40 bits per heavy atom. The summed E-state index contributed by atoms with van der Waals surface area (Å²) in [6, 6.07) is 9.84. The summed E-state index contributed by atoms with van der Waals surface area (Å²) in [4.78, 5) is 0. The predicted octanol–water partition coefficient (Wildman–Crippen LogP) is 1.37. The summed E-state index contributed by atoms with van der Waals surface area (Å²) in [5, 5.41) is 12.5. The average Bonchev–Trinajstić information content (AvgIpc) is 2.74. The van der Waals surface area contributed by atoms with Gasteiger partial charge in [0.1, 0.15) is 0 Å². The Bertz CT molecular complexity index is 497. The third kappa shape index (κ3) is 24.4. The fourth-order valence-electron chi connectivity index (χ4n) is 1.29. The molecule has 8 heteroatoms. The topological polar surface area (TPSA) is 132 Å². The Balaban J connectivity index is -0.000000114. The number of hydrogen-bond acceptors (Lipinski definition) is 2. The van der Waals surface area contributed by atoms with Crippen LogP contribution in [0.4, 0.5) is 0 Å². The molecule has 0 heterocycles. The fourth-order valence-corrected chi connectivity index (χ4v) is 1.73. The van der Waals surface area contributed by atoms with Crippen LogP contribution in [0.5, 0.6) is 0 Å². The van der Waals surface area contributed by atoms with Gasteiger partial charge in [-0.25, -0.2) is 0 Å². The molecule has 0 aromatic heterocycles. The van der Waals surface area contributed by atoms with Crippen molar-refractivity contribution in [1.29, 1.82) is 0 Å². The van der Waals surface area contributed by atoms with Gasteiger partial charge < -0.3 is 0 Å². The summed E-state index contributed by atoms with van der Waals surface area (Å²) in [5.41, 5.74) is 1.08. The second kappa shape index (κ2) is 37.9. The molecule has 1 atom stereocenters. The molecule has 7 nitrogen and oxygen atoms in total. The molecule has 1 aromatic carbocycles. The van der Waals surface area contributed by atoms with Crippen molar-refractivity contribution in [3.05, 3.63) is 81.3 Å². The van der Waals surface area contributed by atoms with Gasteiger partial charge >= 0.3 is 155 Å². The first-order valence-corrected chi connectivity index (χ1v) is 6.52. The number of aliphatic hydroxyl groups is 1. The zero-order valence-electron chi connectivity index (χ0n) is 13.2. The minimum atomic E-state index is -0.0568. The minimum absolute atomic E-state index is 0.0568. The van der Waals surface area contributed by atoms with Gasteiger partial charge in [-0.15, -0.1) is 0 Å². The molecule has 1 aromatic rings. The van der Waals surface area contributed by atoms with Crippen LogP contribution in [0.3, 0.4) is 0 Å². The first kappa shape index (κ1) is 34.3. The molecule has 0 unspecified atom stereocenters. The molecule has 0 spiro atoms. The zero-order chi connectivity index (χ0) is 21.1. The first-order valence-electron chi connectivity index (χ1n) is 5.89. The molecular weight excluding hydrogens is 366 g/mol. The third-order valence-electron chi connectivity index (χ3n) is 2.02. The summed E-state index contributed by atoms with van der Waals surface area (Å²) >= 11 is 2.92. The van der Waals surface area contributed by atoms with E-state index in [9.17, 15) is 5.11 Å². The molecule has 0 fully saturated rings. The van der Waals surface area contributed by atoms with Crippen LogP contribution < -0.4 is 5.32 Å². The van der Waals surface area contributed by atoms with Crippen LogP contribution in [-0.4, -0.2) is 16.2 Å². The normalized spacial score (nSPS) is 8.16. The van der Waals surface area contributed by atoms with Gasteiger partial charge in [0, 0.05) is 0 Å². The fraction of sp³-hybridized carbons (Fsp3) is 0.176. The monoisotopic (exact) mass is 381 g/mol. The van der Waals surface area contributed by atoms with E-state index in [1.807, 2.05) is 49.4 Å². The van der Waals surface area contributed by atoms with Crippen molar-refractivity contribution in [2.75, 3.05) is 6.61 Å². The van der Waals surface area contributed by atoms with Crippen LogP contribution in [0.1, 0.15) is 18.5 Å². The molecule has 0 amide bonds. The Kier molecular flexibility index (Phi) is 52.0. The number of hydrogen-bond donors (Lipinski definition) is 2. The molecular formula is C17H15CrNO6. The van der Waals surface area contributed by atoms with Gasteiger partial charge in [-0.05, 0) is 0 Å². The Hall–Kier alpha value is -2.02. The van der Waals surface area contributed by atoms with Crippen molar-refractivity contribution in [2.24, 2.45) is 0 Å². The number of benzene rings is 1. The quantitative estimate of drug-likeness (QED) is 0.589. The molecule has 0 saturated carbocycles. The summed E-state index contributed by atoms with van der Waals surface area (Å²) in [5.74, 6) is 0. The van der Waals surface area contributed by atoms with Crippen molar-refractivity contribution < 1.29 is 44.2 Å². The van der Waals surface area contributed by atoms with Crippen molar-refractivity contribution in [3.63, 3.8) is 0 Å². The van der Waals surface area contributed by atoms with E-state index in [0.717, 1.165) is 10.1 Å². The van der Waals surface area contributed by atoms with Crippen molar-refractivity contribution in [1.82, 2.24) is 5.32 Å². The van der Waals surface area contributed by atoms with E-state index in [4.69, 9.17) is 23.3 Å². The van der Waals surface area contributed by atoms with Gasteiger partial charge in [-0.2, -0.15) is 0 Å². The summed E-state index contributed by atoms with van der Waals surface area (Å²) < 4.78 is 38.4. The van der Waals surface area contributed by atoms with Gasteiger partial charge in [0.2, 0.25) is 0 Å². The molecule has 25 heavy (non-hydrogen) atoms. The standard InChI is InChI=1S/C12H15NO.5CO.Cr/c1-2-3-9-13-12(10-14)11-7-5-4-6-8-11;5*1-2;/h2-8,12-14H,10H2,1H3;;;;;;/b3-2+;;;;;;/t12-;;;;;;/m1....../s1. The van der Waals surface area contributed by atoms with Crippen LogP contribution in [0, 0.1) is 33.3 Å². The molecule has 0 radical (unpaired) electrons. The Labute approximate surface area is 155 Å². The predicted molar refractivity (Wildman–Crippen MR) is 78.9 cm³/mol. The Morgan fingerprint density at radius 3 is 1.72 bits per heavy atom. The van der Waals surface area contributed by atoms with E-state index in [2.05, 4.69) is 54.4 Å². The summed E-state index contributed by atoms with van der Waals surface area (Å²) in [6.07, 6.45) is 3.88. The molecule has 0 bridgehead atoms. The van der Waals surface area contributed by atoms with Crippen molar-refractivity contribution in [3.8, 4) is 0 Å². The van der Waals surface area contributed by atoms with Crippen LogP contribution in [0.2, 0.25) is 0 Å². The molecule has 2 N–H and O–H groups in total. The number of allylic oxidation sites excluding steroid dienone is 1. The Morgan fingerprint density at radius 1 is 1.00 bits per heavy atom. The first-order chi connectivity index (χ1) is 12.3. The second-order valence-corrected chi connectivity index (χ2v) is 3.84. The van der Waals surface area contributed by atoms with E-state index in [1.165, 1.54) is 0 Å². The number of nitrogens with one attached hydrogen (secondary N) is 1. The van der Waals surface area contributed by atoms with Gasteiger partial charge in [0.15, 0.2) is 0 Å². The van der Waals surface area contributed by atoms with Crippen LogP contribution in [0.15, 0.2) is 42.5 Å². The van der Waals surface area contributed by atoms with Gasteiger partial charge in [-0.3, -0.25) is 0 Å². The second-order valence-electron chi connectivity index (χ2n) is 3.15. The third-order valence-corrected chi connectivity index (χ3v) is 2.42. The van der Waals surface area contributed by atoms with Crippen molar-refractivity contribution in [2.45, 2.75) is 13.0 Å². The molecule has 0 aliphatic rings. The van der Waals surface area contributed by atoms with Gasteiger partial charge in [0.05, 0.1) is 0 Å². The molecule has 0 aliphatic carbocycles. The van der Waals surface area contributed by atoms with Crippen LogP contribution >= 0.6 is 0 Å². The van der Waals surface area contributed by atoms with E-state index in [0.29, 0.717) is 0 Å². The van der Waals surface area contributed by atoms with E-state index in [-0.39, 0.29) is 12.6 Å². The maximum absolute atomic E-state index is 9.28.